The Morgan fingerprint density at radius 3 is 2.57 bits per heavy atom. The molecule has 0 bridgehead atoms. The lowest BCUT2D eigenvalue weighted by molar-refractivity contribution is 0.0826. The average molecular weight is 555 g/mol. The van der Waals surface area contributed by atoms with Gasteiger partial charge in [-0.05, 0) is 68.7 Å². The summed E-state index contributed by atoms with van der Waals surface area (Å²) in [6, 6.07) is 5.90. The largest absolute Gasteiger partial charge is 0.495 e. The van der Waals surface area contributed by atoms with Gasteiger partial charge in [-0.3, -0.25) is 9.69 Å². The number of carbonyl (C=O) groups is 1. The lowest BCUT2D eigenvalue weighted by atomic mass is 10.0. The fourth-order valence-corrected chi connectivity index (χ4v) is 6.29. The third-order valence-electron chi connectivity index (χ3n) is 7.06. The van der Waals surface area contributed by atoms with Crippen LogP contribution >= 0.6 is 11.6 Å². The number of piperidine rings is 1. The first-order valence-corrected chi connectivity index (χ1v) is 14.4. The first kappa shape index (κ1) is 26.2. The molecule has 1 aliphatic heterocycles. The van der Waals surface area contributed by atoms with E-state index in [0.717, 1.165) is 32.2 Å². The van der Waals surface area contributed by atoms with Crippen molar-refractivity contribution in [2.24, 2.45) is 0 Å². The SMILES string of the molecule is COc1ccc(CN2CCC[C@@H](Oc3cc(F)c(C(=O)NS(=O)(=O)C4CC4)cc3C3CC3)C2)c(F)c1Cl. The molecule has 2 aromatic rings. The van der Waals surface area contributed by atoms with Crippen molar-refractivity contribution in [1.29, 1.82) is 0 Å². The van der Waals surface area contributed by atoms with Crippen LogP contribution in [0, 0.1) is 11.6 Å². The van der Waals surface area contributed by atoms with Crippen LogP contribution in [0.15, 0.2) is 24.3 Å². The van der Waals surface area contributed by atoms with Crippen molar-refractivity contribution in [2.45, 2.75) is 62.3 Å². The van der Waals surface area contributed by atoms with Gasteiger partial charge in [-0.1, -0.05) is 17.7 Å². The maximum atomic E-state index is 15.0. The Balaban J connectivity index is 1.30. The van der Waals surface area contributed by atoms with Crippen LogP contribution in [0.4, 0.5) is 8.78 Å². The Morgan fingerprint density at radius 1 is 1.14 bits per heavy atom. The summed E-state index contributed by atoms with van der Waals surface area (Å²) in [4.78, 5) is 14.7. The fraction of sp³-hybridized carbons (Fsp3) is 0.500. The van der Waals surface area contributed by atoms with E-state index in [1.165, 1.54) is 19.2 Å². The molecule has 2 saturated carbocycles. The van der Waals surface area contributed by atoms with Gasteiger partial charge in [-0.25, -0.2) is 21.9 Å². The van der Waals surface area contributed by atoms with Gasteiger partial charge in [0.2, 0.25) is 10.0 Å². The second-order valence-electron chi connectivity index (χ2n) is 9.99. The molecule has 11 heteroatoms. The molecule has 1 atom stereocenters. The maximum absolute atomic E-state index is 15.0. The first-order valence-electron chi connectivity index (χ1n) is 12.5. The molecule has 37 heavy (non-hydrogen) atoms. The highest BCUT2D eigenvalue weighted by Gasteiger charge is 2.38. The molecule has 7 nitrogen and oxygen atoms in total. The van der Waals surface area contributed by atoms with Crippen LogP contribution in [0.5, 0.6) is 11.5 Å². The van der Waals surface area contributed by atoms with E-state index in [1.54, 1.807) is 12.1 Å². The van der Waals surface area contributed by atoms with Gasteiger partial charge < -0.3 is 9.47 Å². The van der Waals surface area contributed by atoms with Crippen molar-refractivity contribution in [3.8, 4) is 11.5 Å². The van der Waals surface area contributed by atoms with Crippen molar-refractivity contribution < 1.29 is 31.5 Å². The van der Waals surface area contributed by atoms with E-state index in [-0.39, 0.29) is 28.4 Å². The van der Waals surface area contributed by atoms with E-state index >= 15 is 4.39 Å². The predicted molar refractivity (Wildman–Crippen MR) is 135 cm³/mol. The summed E-state index contributed by atoms with van der Waals surface area (Å²) in [5.74, 6) is -1.52. The summed E-state index contributed by atoms with van der Waals surface area (Å²) < 4.78 is 67.4. The van der Waals surface area contributed by atoms with Gasteiger partial charge in [0.1, 0.15) is 34.3 Å². The van der Waals surface area contributed by atoms with Gasteiger partial charge in [0.05, 0.1) is 17.9 Å². The lowest BCUT2D eigenvalue weighted by Gasteiger charge is -2.33. The number of rotatable bonds is 9. The molecule has 5 rings (SSSR count). The van der Waals surface area contributed by atoms with Crippen molar-refractivity contribution in [1.82, 2.24) is 9.62 Å². The lowest BCUT2D eigenvalue weighted by Crippen LogP contribution is -2.41. The molecule has 0 radical (unpaired) electrons. The number of hydrogen-bond donors (Lipinski definition) is 1. The fourth-order valence-electron chi connectivity index (χ4n) is 4.73. The number of nitrogens with zero attached hydrogens (tertiary/aromatic N) is 1. The van der Waals surface area contributed by atoms with Crippen LogP contribution in [-0.2, 0) is 16.6 Å². The highest BCUT2D eigenvalue weighted by atomic mass is 35.5. The first-order chi connectivity index (χ1) is 17.7. The van der Waals surface area contributed by atoms with Crippen LogP contribution in [0.1, 0.15) is 65.9 Å². The van der Waals surface area contributed by atoms with E-state index in [4.69, 9.17) is 21.1 Å². The van der Waals surface area contributed by atoms with Gasteiger partial charge in [0.25, 0.3) is 5.91 Å². The average Bonchev–Trinajstić information content (AvgIpc) is 3.75. The van der Waals surface area contributed by atoms with Gasteiger partial charge >= 0.3 is 0 Å². The molecule has 3 fully saturated rings. The third-order valence-corrected chi connectivity index (χ3v) is 9.23. The smallest absolute Gasteiger partial charge is 0.267 e. The zero-order chi connectivity index (χ0) is 26.3. The van der Waals surface area contributed by atoms with E-state index < -0.39 is 32.8 Å². The van der Waals surface area contributed by atoms with Crippen molar-refractivity contribution in [3.63, 3.8) is 0 Å². The minimum atomic E-state index is -3.79. The quantitative estimate of drug-likeness (QED) is 0.481. The second kappa shape index (κ2) is 10.4. The van der Waals surface area contributed by atoms with Crippen molar-refractivity contribution in [2.75, 3.05) is 20.2 Å². The Labute approximate surface area is 220 Å². The van der Waals surface area contributed by atoms with E-state index in [9.17, 15) is 17.6 Å². The molecule has 1 heterocycles. The molecule has 1 N–H and O–H groups in total. The molecule has 0 spiro atoms. The van der Waals surface area contributed by atoms with Gasteiger partial charge in [0.15, 0.2) is 0 Å². The number of methoxy groups -OCH3 is 1. The second-order valence-corrected chi connectivity index (χ2v) is 12.3. The standard InChI is InChI=1S/C26H29ClF2N2O5S/c1-35-22-9-6-16(25(29)24(22)27)13-31-10-2-3-17(14-31)36-23-12-21(28)20(11-19(23)15-4-5-15)26(32)30-37(33,34)18-7-8-18/h6,9,11-12,15,17-18H,2-5,7-8,10,13-14H2,1H3,(H,30,32)/t17-/m1/s1. The Hall–Kier alpha value is -2.43. The zero-order valence-electron chi connectivity index (χ0n) is 20.4. The Bertz CT molecular complexity index is 1310. The molecule has 1 saturated heterocycles. The third kappa shape index (κ3) is 5.86. The van der Waals surface area contributed by atoms with E-state index in [0.29, 0.717) is 42.8 Å². The molecular formula is C26H29ClF2N2O5S. The molecule has 3 aliphatic rings. The monoisotopic (exact) mass is 554 g/mol. The van der Waals surface area contributed by atoms with Gasteiger partial charge in [-0.15, -0.1) is 0 Å². The summed E-state index contributed by atoms with van der Waals surface area (Å²) >= 11 is 6.07. The summed E-state index contributed by atoms with van der Waals surface area (Å²) in [5.41, 5.74) is 0.865. The van der Waals surface area contributed by atoms with Crippen LogP contribution in [0.2, 0.25) is 5.02 Å². The Morgan fingerprint density at radius 2 is 1.89 bits per heavy atom. The minimum absolute atomic E-state index is 0.0524. The van der Waals surface area contributed by atoms with Crippen LogP contribution < -0.4 is 14.2 Å². The molecule has 1 amide bonds. The highest BCUT2D eigenvalue weighted by Crippen LogP contribution is 2.45. The highest BCUT2D eigenvalue weighted by molar-refractivity contribution is 7.91. The van der Waals surface area contributed by atoms with E-state index in [2.05, 4.69) is 4.90 Å². The number of carbonyl (C=O) groups excluding carboxylic acids is 1. The molecule has 200 valence electrons. The normalized spacial score (nSPS) is 20.5. The van der Waals surface area contributed by atoms with Crippen LogP contribution in [0.25, 0.3) is 0 Å². The summed E-state index contributed by atoms with van der Waals surface area (Å²) in [5, 5.41) is -0.634. The molecular weight excluding hydrogens is 526 g/mol. The minimum Gasteiger partial charge on any atom is -0.495 e. The molecule has 0 unspecified atom stereocenters. The zero-order valence-corrected chi connectivity index (χ0v) is 22.0. The number of likely N-dealkylation sites (tertiary alicyclic amines) is 1. The van der Waals surface area contributed by atoms with Gasteiger partial charge in [-0.2, -0.15) is 0 Å². The van der Waals surface area contributed by atoms with Crippen LogP contribution in [0.3, 0.4) is 0 Å². The topological polar surface area (TPSA) is 84.9 Å². The van der Waals surface area contributed by atoms with Gasteiger partial charge in [0, 0.05) is 24.7 Å². The summed E-state index contributed by atoms with van der Waals surface area (Å²) in [6.07, 6.45) is 4.09. The van der Waals surface area contributed by atoms with E-state index in [1.807, 2.05) is 4.72 Å². The maximum Gasteiger partial charge on any atom is 0.267 e. The summed E-state index contributed by atoms with van der Waals surface area (Å²) in [7, 11) is -2.36. The predicted octanol–water partition coefficient (Wildman–Crippen LogP) is 4.77. The number of sulfonamides is 1. The molecule has 2 aromatic carbocycles. The number of ether oxygens (including phenoxy) is 2. The molecule has 2 aliphatic carbocycles. The number of benzene rings is 2. The van der Waals surface area contributed by atoms with Crippen molar-refractivity contribution in [3.05, 3.63) is 57.6 Å². The number of amides is 1. The van der Waals surface area contributed by atoms with Crippen LogP contribution in [-0.4, -0.2) is 50.8 Å². The molecule has 0 aromatic heterocycles. The number of hydrogen-bond acceptors (Lipinski definition) is 6. The summed E-state index contributed by atoms with van der Waals surface area (Å²) in [6.45, 7) is 1.60. The Kier molecular flexibility index (Phi) is 7.35. The number of nitrogens with one attached hydrogen (secondary N) is 1. The van der Waals surface area contributed by atoms with Crippen molar-refractivity contribution >= 4 is 27.5 Å². The number of halogens is 3.